The maximum Gasteiger partial charge on any atom is 0.304 e. The van der Waals surface area contributed by atoms with E-state index < -0.39 is 16.4 Å². The first-order chi connectivity index (χ1) is 10.1. The molecule has 0 saturated carbocycles. The molecule has 0 aliphatic heterocycles. The van der Waals surface area contributed by atoms with Crippen LogP contribution >= 0.6 is 11.6 Å². The fourth-order valence-electron chi connectivity index (χ4n) is 2.34. The maximum atomic E-state index is 13.6. The lowest BCUT2D eigenvalue weighted by atomic mass is 10.2. The van der Waals surface area contributed by atoms with Crippen molar-refractivity contribution < 1.29 is 9.31 Å². The average Bonchev–Trinajstić information content (AvgIpc) is 2.83. The van der Waals surface area contributed by atoms with Crippen LogP contribution in [0.5, 0.6) is 0 Å². The molecule has 0 bridgehead atoms. The lowest BCUT2D eigenvalue weighted by molar-refractivity contribution is -0.387. The van der Waals surface area contributed by atoms with Crippen LogP contribution in [-0.2, 0) is 6.54 Å². The second-order valence-corrected chi connectivity index (χ2v) is 5.07. The lowest BCUT2D eigenvalue weighted by Crippen LogP contribution is -2.00. The molecule has 0 N–H and O–H groups in total. The van der Waals surface area contributed by atoms with Gasteiger partial charge in [0, 0.05) is 24.2 Å². The van der Waals surface area contributed by atoms with Gasteiger partial charge in [0.15, 0.2) is 0 Å². The van der Waals surface area contributed by atoms with Crippen molar-refractivity contribution in [1.29, 1.82) is 0 Å². The van der Waals surface area contributed by atoms with Gasteiger partial charge in [-0.2, -0.15) is 4.39 Å². The summed E-state index contributed by atoms with van der Waals surface area (Å²) in [6.45, 7) is 0.391. The molecule has 106 valence electrons. The molecule has 0 atom stereocenters. The number of benzene rings is 2. The van der Waals surface area contributed by atoms with E-state index in [4.69, 9.17) is 11.6 Å². The van der Waals surface area contributed by atoms with Crippen molar-refractivity contribution in [2.24, 2.45) is 0 Å². The third-order valence-electron chi connectivity index (χ3n) is 3.30. The van der Waals surface area contributed by atoms with E-state index in [9.17, 15) is 14.5 Å². The summed E-state index contributed by atoms with van der Waals surface area (Å²) in [7, 11) is 0. The normalized spacial score (nSPS) is 11.0. The molecule has 0 fully saturated rings. The summed E-state index contributed by atoms with van der Waals surface area (Å²) in [6, 6.07) is 11.4. The van der Waals surface area contributed by atoms with Crippen LogP contribution in [0.1, 0.15) is 5.56 Å². The highest BCUT2D eigenvalue weighted by molar-refractivity contribution is 6.35. The van der Waals surface area contributed by atoms with E-state index in [-0.39, 0.29) is 0 Å². The van der Waals surface area contributed by atoms with E-state index in [2.05, 4.69) is 0 Å². The summed E-state index contributed by atoms with van der Waals surface area (Å²) in [6.07, 6.45) is 1.86. The number of para-hydroxylation sites is 1. The Labute approximate surface area is 124 Å². The third-order valence-corrected chi connectivity index (χ3v) is 3.61. The third kappa shape index (κ3) is 2.48. The molecule has 21 heavy (non-hydrogen) atoms. The van der Waals surface area contributed by atoms with Gasteiger partial charge in [-0.3, -0.25) is 10.1 Å². The van der Waals surface area contributed by atoms with Gasteiger partial charge >= 0.3 is 5.69 Å². The van der Waals surface area contributed by atoms with Gasteiger partial charge in [0.2, 0.25) is 5.82 Å². The lowest BCUT2D eigenvalue weighted by Gasteiger charge is -2.07. The van der Waals surface area contributed by atoms with Gasteiger partial charge in [0.1, 0.15) is 0 Å². The number of halogens is 2. The van der Waals surface area contributed by atoms with Gasteiger partial charge in [-0.25, -0.2) is 0 Å². The van der Waals surface area contributed by atoms with Crippen molar-refractivity contribution in [2.45, 2.75) is 6.54 Å². The predicted octanol–water partition coefficient (Wildman–Crippen LogP) is 4.39. The number of nitrogens with zero attached hydrogens (tertiary/aromatic N) is 2. The Morgan fingerprint density at radius 2 is 2.05 bits per heavy atom. The van der Waals surface area contributed by atoms with Crippen LogP contribution in [0.25, 0.3) is 10.9 Å². The van der Waals surface area contributed by atoms with Crippen LogP contribution in [0.2, 0.25) is 5.02 Å². The largest absolute Gasteiger partial charge is 0.342 e. The SMILES string of the molecule is O=[N+]([O-])c1ccc(Cn2ccc3cccc(Cl)c32)cc1F. The van der Waals surface area contributed by atoms with E-state index in [0.29, 0.717) is 17.1 Å². The predicted molar refractivity (Wildman–Crippen MR) is 79.1 cm³/mol. The summed E-state index contributed by atoms with van der Waals surface area (Å²) < 4.78 is 15.5. The molecule has 0 spiro atoms. The molecule has 3 rings (SSSR count). The van der Waals surface area contributed by atoms with Crippen LogP contribution in [0, 0.1) is 15.9 Å². The van der Waals surface area contributed by atoms with Gasteiger partial charge in [-0.05, 0) is 23.8 Å². The van der Waals surface area contributed by atoms with Crippen LogP contribution in [0.4, 0.5) is 10.1 Å². The van der Waals surface area contributed by atoms with Crippen molar-refractivity contribution in [1.82, 2.24) is 4.57 Å². The minimum Gasteiger partial charge on any atom is -0.342 e. The molecule has 1 aromatic heterocycles. The number of fused-ring (bicyclic) bond motifs is 1. The summed E-state index contributed by atoms with van der Waals surface area (Å²) >= 11 is 6.18. The summed E-state index contributed by atoms with van der Waals surface area (Å²) in [5.74, 6) is -0.833. The zero-order valence-corrected chi connectivity index (χ0v) is 11.5. The summed E-state index contributed by atoms with van der Waals surface area (Å²) in [5, 5.41) is 12.2. The van der Waals surface area contributed by atoms with Crippen LogP contribution in [0.3, 0.4) is 0 Å². The highest BCUT2D eigenvalue weighted by Crippen LogP contribution is 2.26. The number of hydrogen-bond donors (Lipinski definition) is 0. The second-order valence-electron chi connectivity index (χ2n) is 4.66. The van der Waals surface area contributed by atoms with E-state index in [1.807, 2.05) is 29.0 Å². The Hall–Kier alpha value is -2.40. The molecule has 0 saturated heterocycles. The Balaban J connectivity index is 1.99. The van der Waals surface area contributed by atoms with E-state index in [1.165, 1.54) is 12.1 Å². The molecular formula is C15H10ClFN2O2. The van der Waals surface area contributed by atoms with E-state index >= 15 is 0 Å². The molecule has 1 heterocycles. The zero-order chi connectivity index (χ0) is 15.0. The van der Waals surface area contributed by atoms with Crippen molar-refractivity contribution in [3.63, 3.8) is 0 Å². The zero-order valence-electron chi connectivity index (χ0n) is 10.8. The van der Waals surface area contributed by atoms with Gasteiger partial charge in [0.25, 0.3) is 0 Å². The van der Waals surface area contributed by atoms with Gasteiger partial charge in [-0.1, -0.05) is 29.8 Å². The molecule has 3 aromatic rings. The number of aromatic nitrogens is 1. The standard InChI is InChI=1S/C15H10ClFN2O2/c16-12-3-1-2-11-6-7-18(15(11)12)9-10-4-5-14(19(20)21)13(17)8-10/h1-8H,9H2. The van der Waals surface area contributed by atoms with Crippen molar-refractivity contribution >= 4 is 28.2 Å². The molecule has 0 aliphatic rings. The number of nitro groups is 1. The molecule has 4 nitrogen and oxygen atoms in total. The van der Waals surface area contributed by atoms with Crippen LogP contribution in [-0.4, -0.2) is 9.49 Å². The summed E-state index contributed by atoms with van der Waals surface area (Å²) in [5.41, 5.74) is 0.975. The minimum atomic E-state index is -0.833. The molecule has 0 radical (unpaired) electrons. The Morgan fingerprint density at radius 1 is 1.24 bits per heavy atom. The van der Waals surface area contributed by atoms with Gasteiger partial charge < -0.3 is 4.57 Å². The quantitative estimate of drug-likeness (QED) is 0.532. The fraction of sp³-hybridized carbons (Fsp3) is 0.0667. The first-order valence-electron chi connectivity index (χ1n) is 6.22. The first-order valence-corrected chi connectivity index (χ1v) is 6.60. The van der Waals surface area contributed by atoms with E-state index in [1.54, 1.807) is 12.1 Å². The minimum absolute atomic E-state index is 0.391. The van der Waals surface area contributed by atoms with Crippen molar-refractivity contribution in [2.75, 3.05) is 0 Å². The van der Waals surface area contributed by atoms with Crippen LogP contribution < -0.4 is 0 Å². The monoisotopic (exact) mass is 304 g/mol. The highest BCUT2D eigenvalue weighted by atomic mass is 35.5. The van der Waals surface area contributed by atoms with E-state index in [0.717, 1.165) is 10.9 Å². The average molecular weight is 305 g/mol. The molecule has 0 amide bonds. The summed E-state index contributed by atoms with van der Waals surface area (Å²) in [4.78, 5) is 9.88. The molecular weight excluding hydrogens is 295 g/mol. The number of rotatable bonds is 3. The Kier molecular flexibility index (Phi) is 3.35. The van der Waals surface area contributed by atoms with Gasteiger partial charge in [0.05, 0.1) is 15.5 Å². The van der Waals surface area contributed by atoms with Crippen molar-refractivity contribution in [3.8, 4) is 0 Å². The number of hydrogen-bond acceptors (Lipinski definition) is 2. The van der Waals surface area contributed by atoms with Gasteiger partial charge in [-0.15, -0.1) is 0 Å². The number of nitro benzene ring substituents is 1. The molecule has 6 heteroatoms. The first kappa shape index (κ1) is 13.6. The molecule has 0 unspecified atom stereocenters. The molecule has 0 aliphatic carbocycles. The Morgan fingerprint density at radius 3 is 2.76 bits per heavy atom. The smallest absolute Gasteiger partial charge is 0.304 e. The fourth-order valence-corrected chi connectivity index (χ4v) is 2.63. The maximum absolute atomic E-state index is 13.6. The molecule has 2 aromatic carbocycles. The van der Waals surface area contributed by atoms with Crippen molar-refractivity contribution in [3.05, 3.63) is 75.2 Å². The van der Waals surface area contributed by atoms with Crippen LogP contribution in [0.15, 0.2) is 48.7 Å². The Bertz CT molecular complexity index is 845. The highest BCUT2D eigenvalue weighted by Gasteiger charge is 2.14. The second kappa shape index (κ2) is 5.18. The topological polar surface area (TPSA) is 48.1 Å².